The van der Waals surface area contributed by atoms with Gasteiger partial charge in [0.05, 0.1) is 50.1 Å². The summed E-state index contributed by atoms with van der Waals surface area (Å²) in [5, 5.41) is 41.5. The maximum absolute atomic E-state index is 12.6. The molecule has 4 aromatic rings. The molecule has 0 bridgehead atoms. The van der Waals surface area contributed by atoms with Gasteiger partial charge in [0.2, 0.25) is 5.91 Å². The number of nitrogens with one attached hydrogen (secondary N) is 2. The van der Waals surface area contributed by atoms with Crippen molar-refractivity contribution in [3.63, 3.8) is 0 Å². The molecule has 5 N–H and O–H groups in total. The Bertz CT molecular complexity index is 1500. The van der Waals surface area contributed by atoms with Crippen LogP contribution in [0.5, 0.6) is 0 Å². The van der Waals surface area contributed by atoms with Crippen molar-refractivity contribution in [3.05, 3.63) is 53.6 Å². The lowest BCUT2D eigenvalue weighted by atomic mass is 10.1. The molecule has 6 rings (SSSR count). The number of hydrogen-bond donors (Lipinski definition) is 5. The van der Waals surface area contributed by atoms with Gasteiger partial charge in [0.15, 0.2) is 23.2 Å². The largest absolute Gasteiger partial charge is 0.394 e. The summed E-state index contributed by atoms with van der Waals surface area (Å²) in [5.74, 6) is 0.356. The third-order valence-corrected chi connectivity index (χ3v) is 7.07. The van der Waals surface area contributed by atoms with Gasteiger partial charge in [-0.05, 0) is 24.1 Å². The molecule has 1 aromatic carbocycles. The predicted molar refractivity (Wildman–Crippen MR) is 142 cm³/mol. The Morgan fingerprint density at radius 2 is 2.00 bits per heavy atom. The summed E-state index contributed by atoms with van der Waals surface area (Å²) in [7, 11) is 0. The van der Waals surface area contributed by atoms with Gasteiger partial charge in [0, 0.05) is 11.6 Å². The highest BCUT2D eigenvalue weighted by molar-refractivity contribution is 6.30. The molecule has 14 nitrogen and oxygen atoms in total. The van der Waals surface area contributed by atoms with Crippen molar-refractivity contribution >= 4 is 40.2 Å². The van der Waals surface area contributed by atoms with Crippen LogP contribution in [0.2, 0.25) is 5.02 Å². The molecule has 0 saturated carbocycles. The van der Waals surface area contributed by atoms with Gasteiger partial charge in [0.25, 0.3) is 5.95 Å². The molecule has 40 heavy (non-hydrogen) atoms. The summed E-state index contributed by atoms with van der Waals surface area (Å²) in [6.45, 7) is 0.659. The van der Waals surface area contributed by atoms with Crippen molar-refractivity contribution in [2.45, 2.75) is 43.4 Å². The maximum Gasteiger partial charge on any atom is 0.254 e. The van der Waals surface area contributed by atoms with Crippen LogP contribution in [0, 0.1) is 0 Å². The third-order valence-electron chi connectivity index (χ3n) is 6.82. The number of anilines is 2. The second-order valence-electron chi connectivity index (χ2n) is 9.65. The Hall–Kier alpha value is -3.66. The van der Waals surface area contributed by atoms with Crippen molar-refractivity contribution in [1.82, 2.24) is 29.3 Å². The van der Waals surface area contributed by atoms with Gasteiger partial charge in [-0.15, -0.1) is 0 Å². The van der Waals surface area contributed by atoms with Crippen LogP contribution in [0.15, 0.2) is 43.0 Å². The summed E-state index contributed by atoms with van der Waals surface area (Å²) in [5.41, 5.74) is 1.98. The highest BCUT2D eigenvalue weighted by atomic mass is 35.5. The van der Waals surface area contributed by atoms with Crippen LogP contribution in [-0.4, -0.2) is 94.7 Å². The molecule has 15 heteroatoms. The molecule has 210 valence electrons. The summed E-state index contributed by atoms with van der Waals surface area (Å²) in [4.78, 5) is 26.3. The number of aromatic nitrogens is 6. The molecule has 0 unspecified atom stereocenters. The first kappa shape index (κ1) is 26.6. The highest BCUT2D eigenvalue weighted by Crippen LogP contribution is 2.33. The molecule has 5 heterocycles. The summed E-state index contributed by atoms with van der Waals surface area (Å²) in [6.07, 6.45) is 0.830. The van der Waals surface area contributed by atoms with E-state index in [2.05, 4.69) is 30.7 Å². The van der Waals surface area contributed by atoms with Crippen LogP contribution in [0.1, 0.15) is 18.2 Å². The monoisotopic (exact) mass is 570 g/mol. The Balaban J connectivity index is 1.30. The van der Waals surface area contributed by atoms with Gasteiger partial charge >= 0.3 is 0 Å². The van der Waals surface area contributed by atoms with E-state index in [4.69, 9.17) is 21.1 Å². The van der Waals surface area contributed by atoms with Crippen LogP contribution in [0.4, 0.5) is 11.5 Å². The highest BCUT2D eigenvalue weighted by Gasteiger charge is 2.44. The normalized spacial score (nSPS) is 24.6. The van der Waals surface area contributed by atoms with E-state index in [0.29, 0.717) is 40.9 Å². The minimum absolute atomic E-state index is 0.00495. The predicted octanol–water partition coefficient (Wildman–Crippen LogP) is 0.659. The number of rotatable bonds is 8. The van der Waals surface area contributed by atoms with Crippen LogP contribution in [0.25, 0.3) is 17.1 Å². The lowest BCUT2D eigenvalue weighted by Crippen LogP contribution is -2.33. The Morgan fingerprint density at radius 1 is 1.18 bits per heavy atom. The van der Waals surface area contributed by atoms with E-state index < -0.39 is 31.1 Å². The number of carbonyl (C=O) groups is 1. The smallest absolute Gasteiger partial charge is 0.254 e. The maximum atomic E-state index is 12.6. The van der Waals surface area contributed by atoms with Crippen molar-refractivity contribution in [2.24, 2.45) is 0 Å². The zero-order valence-corrected chi connectivity index (χ0v) is 21.8. The number of aliphatic hydroxyl groups excluding tert-OH is 3. The van der Waals surface area contributed by atoms with Crippen LogP contribution in [0.3, 0.4) is 0 Å². The molecule has 2 aliphatic rings. The van der Waals surface area contributed by atoms with Crippen molar-refractivity contribution in [3.8, 4) is 5.95 Å². The first-order chi connectivity index (χ1) is 19.4. The quantitative estimate of drug-likeness (QED) is 0.201. The zero-order valence-electron chi connectivity index (χ0n) is 21.1. The number of aliphatic hydroxyl groups is 3. The fraction of sp³-hybridized carbons (Fsp3) is 0.400. The van der Waals surface area contributed by atoms with Crippen molar-refractivity contribution < 1.29 is 29.6 Å². The first-order valence-corrected chi connectivity index (χ1v) is 13.1. The Labute approximate surface area is 232 Å². The van der Waals surface area contributed by atoms with Crippen molar-refractivity contribution in [2.75, 3.05) is 30.5 Å². The van der Waals surface area contributed by atoms with Gasteiger partial charge in [-0.3, -0.25) is 9.36 Å². The van der Waals surface area contributed by atoms with E-state index in [1.165, 1.54) is 21.8 Å². The van der Waals surface area contributed by atoms with Crippen LogP contribution < -0.4 is 10.6 Å². The molecule has 5 atom stereocenters. The molecule has 3 aromatic heterocycles. The topological polar surface area (TPSA) is 182 Å². The van der Waals surface area contributed by atoms with E-state index >= 15 is 0 Å². The molecule has 2 aliphatic heterocycles. The minimum Gasteiger partial charge on any atom is -0.394 e. The molecule has 0 aliphatic carbocycles. The molecule has 0 radical (unpaired) electrons. The Kier molecular flexibility index (Phi) is 7.35. The fourth-order valence-electron chi connectivity index (χ4n) is 4.74. The molecule has 2 fully saturated rings. The van der Waals surface area contributed by atoms with E-state index in [0.717, 1.165) is 12.0 Å². The number of amides is 1. The number of nitrogens with zero attached hydrogens (tertiary/aromatic N) is 6. The van der Waals surface area contributed by atoms with Crippen molar-refractivity contribution in [1.29, 1.82) is 0 Å². The van der Waals surface area contributed by atoms with E-state index in [9.17, 15) is 20.1 Å². The zero-order chi connectivity index (χ0) is 27.8. The number of carbonyl (C=O) groups excluding carboxylic acids is 1. The molecular formula is C25H27ClN8O6. The Morgan fingerprint density at radius 3 is 2.73 bits per heavy atom. The van der Waals surface area contributed by atoms with Gasteiger partial charge in [0.1, 0.15) is 18.3 Å². The van der Waals surface area contributed by atoms with E-state index in [1.807, 2.05) is 0 Å². The van der Waals surface area contributed by atoms with Crippen LogP contribution >= 0.6 is 11.6 Å². The van der Waals surface area contributed by atoms with Gasteiger partial charge < -0.3 is 35.4 Å². The fourth-order valence-corrected chi connectivity index (χ4v) is 4.86. The molecule has 1 amide bonds. The van der Waals surface area contributed by atoms with Gasteiger partial charge in [-0.25, -0.2) is 9.67 Å². The first-order valence-electron chi connectivity index (χ1n) is 12.7. The second-order valence-corrected chi connectivity index (χ2v) is 10.1. The average molecular weight is 571 g/mol. The SMILES string of the molecule is O=C(Cc1ccc(Cl)cc1)Nc1cnn(-c2nc(N[C@@H]3CCOC3)c3ncn([C@@H]4O[C@H](CO)[C@@H](O)[C@H]4O)c3n2)c1. The second kappa shape index (κ2) is 11.1. The lowest BCUT2D eigenvalue weighted by Gasteiger charge is -2.17. The van der Waals surface area contributed by atoms with E-state index in [1.54, 1.807) is 30.5 Å². The van der Waals surface area contributed by atoms with Crippen LogP contribution in [-0.2, 0) is 20.7 Å². The van der Waals surface area contributed by atoms with E-state index in [-0.39, 0.29) is 24.3 Å². The molecular weight excluding hydrogens is 544 g/mol. The number of hydrogen-bond acceptors (Lipinski definition) is 11. The standard InChI is InChI=1S/C25H27ClN8O6/c26-14-3-1-13(2-4-14)7-18(36)29-16-8-28-34(9-16)25-31-22(30-15-5-6-39-11-15)19-23(32-25)33(12-27-19)24-21(38)20(37)17(10-35)40-24/h1-4,8-9,12,15,17,20-21,24,35,37-38H,5-7,10-11H2,(H,29,36)(H,30,31,32)/t15-,17-,20-,21-,24-/m1/s1. The van der Waals surface area contributed by atoms with Gasteiger partial charge in [-0.1, -0.05) is 23.7 Å². The minimum atomic E-state index is -1.32. The number of fused-ring (bicyclic) bond motifs is 1. The molecule has 0 spiro atoms. The number of benzene rings is 1. The lowest BCUT2D eigenvalue weighted by molar-refractivity contribution is -0.115. The summed E-state index contributed by atoms with van der Waals surface area (Å²) >= 11 is 5.92. The number of ether oxygens (including phenoxy) is 2. The summed E-state index contributed by atoms with van der Waals surface area (Å²) in [6, 6.07) is 7.03. The number of imidazole rings is 1. The number of halogens is 1. The van der Waals surface area contributed by atoms with Gasteiger partial charge in [-0.2, -0.15) is 15.1 Å². The third kappa shape index (κ3) is 5.24. The molecule has 2 saturated heterocycles. The average Bonchev–Trinajstić information content (AvgIpc) is 3.75. The summed E-state index contributed by atoms with van der Waals surface area (Å²) < 4.78 is 14.1.